The third kappa shape index (κ3) is 3.30. The molecule has 0 saturated carbocycles. The minimum Gasteiger partial charge on any atom is -0.348 e. The number of aryl methyl sites for hydroxylation is 1. The third-order valence-electron chi connectivity index (χ3n) is 5.34. The number of fused-ring (bicyclic) bond motifs is 1. The van der Waals surface area contributed by atoms with Gasteiger partial charge in [-0.05, 0) is 46.1 Å². The fourth-order valence-electron chi connectivity index (χ4n) is 4.18. The summed E-state index contributed by atoms with van der Waals surface area (Å²) in [7, 11) is 0. The Bertz CT molecular complexity index is 557. The van der Waals surface area contributed by atoms with E-state index in [1.54, 1.807) is 0 Å². The summed E-state index contributed by atoms with van der Waals surface area (Å²) in [6, 6.07) is 0. The van der Waals surface area contributed by atoms with Crippen molar-refractivity contribution in [1.82, 2.24) is 19.7 Å². The van der Waals surface area contributed by atoms with E-state index in [0.29, 0.717) is 5.92 Å². The molecule has 128 valence electrons. The van der Waals surface area contributed by atoms with E-state index in [2.05, 4.69) is 19.7 Å². The van der Waals surface area contributed by atoms with Gasteiger partial charge >= 0.3 is 0 Å². The second kappa shape index (κ2) is 6.15. The van der Waals surface area contributed by atoms with Crippen molar-refractivity contribution in [2.24, 2.45) is 0 Å². The van der Waals surface area contributed by atoms with Crippen molar-refractivity contribution in [3.8, 4) is 0 Å². The molecular formula is C17H28N4O2. The van der Waals surface area contributed by atoms with Gasteiger partial charge in [-0.15, -0.1) is 10.2 Å². The minimum absolute atomic E-state index is 0.239. The molecule has 0 unspecified atom stereocenters. The molecule has 0 radical (unpaired) electrons. The third-order valence-corrected chi connectivity index (χ3v) is 5.34. The first-order valence-corrected chi connectivity index (χ1v) is 9.07. The van der Waals surface area contributed by atoms with Crippen LogP contribution in [0.15, 0.2) is 0 Å². The first-order chi connectivity index (χ1) is 11.1. The second-order valence-electron chi connectivity index (χ2n) is 7.61. The van der Waals surface area contributed by atoms with Crippen LogP contribution in [0.4, 0.5) is 0 Å². The Morgan fingerprint density at radius 2 is 2.13 bits per heavy atom. The van der Waals surface area contributed by atoms with E-state index < -0.39 is 5.79 Å². The summed E-state index contributed by atoms with van der Waals surface area (Å²) in [5, 5.41) is 8.87. The van der Waals surface area contributed by atoms with E-state index in [1.165, 1.54) is 37.5 Å². The van der Waals surface area contributed by atoms with Crippen LogP contribution in [0.25, 0.3) is 0 Å². The van der Waals surface area contributed by atoms with Crippen LogP contribution in [0.5, 0.6) is 0 Å². The molecule has 2 saturated heterocycles. The van der Waals surface area contributed by atoms with E-state index in [0.717, 1.165) is 39.1 Å². The maximum absolute atomic E-state index is 5.92. The second-order valence-corrected chi connectivity index (χ2v) is 7.61. The molecule has 0 spiro atoms. The van der Waals surface area contributed by atoms with Crippen LogP contribution in [0, 0.1) is 0 Å². The summed E-state index contributed by atoms with van der Waals surface area (Å²) in [6.07, 6.45) is 6.10. The highest BCUT2D eigenvalue weighted by molar-refractivity contribution is 5.07. The number of aromatic nitrogens is 3. The first kappa shape index (κ1) is 15.5. The van der Waals surface area contributed by atoms with Crippen molar-refractivity contribution < 1.29 is 9.47 Å². The topological polar surface area (TPSA) is 52.4 Å². The van der Waals surface area contributed by atoms with Gasteiger partial charge in [0.15, 0.2) is 5.79 Å². The molecule has 2 atom stereocenters. The summed E-state index contributed by atoms with van der Waals surface area (Å²) in [6.45, 7) is 9.20. The maximum atomic E-state index is 5.92. The van der Waals surface area contributed by atoms with Crippen molar-refractivity contribution in [2.45, 2.75) is 70.3 Å². The summed E-state index contributed by atoms with van der Waals surface area (Å²) < 4.78 is 14.0. The van der Waals surface area contributed by atoms with Gasteiger partial charge in [0.2, 0.25) is 0 Å². The molecule has 4 heterocycles. The number of hydrogen-bond acceptors (Lipinski definition) is 5. The Hall–Kier alpha value is -0.980. The van der Waals surface area contributed by atoms with Gasteiger partial charge in [0.25, 0.3) is 0 Å². The molecule has 1 aromatic heterocycles. The lowest BCUT2D eigenvalue weighted by molar-refractivity contribution is -0.139. The fourth-order valence-corrected chi connectivity index (χ4v) is 4.18. The lowest BCUT2D eigenvalue weighted by Gasteiger charge is -2.32. The van der Waals surface area contributed by atoms with Gasteiger partial charge in [-0.25, -0.2) is 0 Å². The molecule has 3 aliphatic heterocycles. The first-order valence-electron chi connectivity index (χ1n) is 9.07. The van der Waals surface area contributed by atoms with Crippen LogP contribution < -0.4 is 0 Å². The van der Waals surface area contributed by atoms with Gasteiger partial charge in [-0.1, -0.05) is 0 Å². The highest BCUT2D eigenvalue weighted by Gasteiger charge is 2.33. The highest BCUT2D eigenvalue weighted by Crippen LogP contribution is 2.29. The molecule has 23 heavy (non-hydrogen) atoms. The zero-order valence-corrected chi connectivity index (χ0v) is 14.3. The highest BCUT2D eigenvalue weighted by atomic mass is 16.7. The van der Waals surface area contributed by atoms with Crippen LogP contribution in [-0.2, 0) is 22.4 Å². The Morgan fingerprint density at radius 3 is 2.96 bits per heavy atom. The SMILES string of the molecule is CC1(C)OC[C@H](CCN2CCC[C@H](c3nnc4n3CCC4)C2)O1. The minimum atomic E-state index is -0.406. The molecule has 0 aliphatic carbocycles. The number of nitrogens with zero attached hydrogens (tertiary/aromatic N) is 4. The zero-order valence-electron chi connectivity index (χ0n) is 14.3. The molecule has 6 heteroatoms. The molecule has 0 N–H and O–H groups in total. The quantitative estimate of drug-likeness (QED) is 0.849. The fraction of sp³-hybridized carbons (Fsp3) is 0.882. The molecule has 0 aromatic carbocycles. The van der Waals surface area contributed by atoms with E-state index in [1.807, 2.05) is 13.8 Å². The number of piperidine rings is 1. The summed E-state index contributed by atoms with van der Waals surface area (Å²) >= 11 is 0. The zero-order chi connectivity index (χ0) is 15.9. The number of hydrogen-bond donors (Lipinski definition) is 0. The lowest BCUT2D eigenvalue weighted by atomic mass is 9.97. The summed E-state index contributed by atoms with van der Waals surface area (Å²) in [5.41, 5.74) is 0. The van der Waals surface area contributed by atoms with Crippen LogP contribution in [0.1, 0.15) is 57.1 Å². The molecule has 3 aliphatic rings. The standard InChI is InChI=1S/C17H28N4O2/c1-17(2)22-12-14(23-17)7-10-20-8-3-5-13(11-20)16-19-18-15-6-4-9-21(15)16/h13-14H,3-12H2,1-2H3/t13-,14-/m0/s1. The predicted molar refractivity (Wildman–Crippen MR) is 86.3 cm³/mol. The smallest absolute Gasteiger partial charge is 0.163 e. The van der Waals surface area contributed by atoms with Crippen molar-refractivity contribution in [1.29, 1.82) is 0 Å². The van der Waals surface area contributed by atoms with E-state index in [-0.39, 0.29) is 6.10 Å². The van der Waals surface area contributed by atoms with Crippen molar-refractivity contribution in [2.75, 3.05) is 26.2 Å². The van der Waals surface area contributed by atoms with Crippen LogP contribution >= 0.6 is 0 Å². The Labute approximate surface area is 138 Å². The average Bonchev–Trinajstić information content (AvgIpc) is 3.20. The molecular weight excluding hydrogens is 292 g/mol. The maximum Gasteiger partial charge on any atom is 0.163 e. The largest absolute Gasteiger partial charge is 0.348 e. The van der Waals surface area contributed by atoms with Gasteiger partial charge < -0.3 is 18.9 Å². The van der Waals surface area contributed by atoms with Crippen LogP contribution in [-0.4, -0.2) is 57.8 Å². The molecule has 0 amide bonds. The van der Waals surface area contributed by atoms with Gasteiger partial charge in [0, 0.05) is 32.0 Å². The monoisotopic (exact) mass is 320 g/mol. The Balaban J connectivity index is 1.32. The average molecular weight is 320 g/mol. The Kier molecular flexibility index (Phi) is 4.15. The van der Waals surface area contributed by atoms with Crippen molar-refractivity contribution in [3.63, 3.8) is 0 Å². The molecule has 1 aromatic rings. The van der Waals surface area contributed by atoms with Gasteiger partial charge in [-0.2, -0.15) is 0 Å². The van der Waals surface area contributed by atoms with Crippen molar-refractivity contribution in [3.05, 3.63) is 11.6 Å². The predicted octanol–water partition coefficient (Wildman–Crippen LogP) is 1.95. The van der Waals surface area contributed by atoms with E-state index >= 15 is 0 Å². The lowest BCUT2D eigenvalue weighted by Crippen LogP contribution is -2.37. The van der Waals surface area contributed by atoms with Gasteiger partial charge in [0.1, 0.15) is 11.6 Å². The molecule has 6 nitrogen and oxygen atoms in total. The van der Waals surface area contributed by atoms with E-state index in [4.69, 9.17) is 9.47 Å². The Morgan fingerprint density at radius 1 is 1.22 bits per heavy atom. The molecule has 0 bridgehead atoms. The van der Waals surface area contributed by atoms with Gasteiger partial charge in [-0.3, -0.25) is 0 Å². The molecule has 4 rings (SSSR count). The summed E-state index contributed by atoms with van der Waals surface area (Å²) in [4.78, 5) is 2.57. The summed E-state index contributed by atoms with van der Waals surface area (Å²) in [5.74, 6) is 2.55. The molecule has 2 fully saturated rings. The van der Waals surface area contributed by atoms with E-state index in [9.17, 15) is 0 Å². The number of ether oxygens (including phenoxy) is 2. The van der Waals surface area contributed by atoms with Gasteiger partial charge in [0.05, 0.1) is 12.7 Å². The van der Waals surface area contributed by atoms with Crippen LogP contribution in [0.3, 0.4) is 0 Å². The van der Waals surface area contributed by atoms with Crippen molar-refractivity contribution >= 4 is 0 Å². The number of rotatable bonds is 4. The number of likely N-dealkylation sites (tertiary alicyclic amines) is 1. The van der Waals surface area contributed by atoms with Crippen LogP contribution in [0.2, 0.25) is 0 Å². The normalized spacial score (nSPS) is 30.7.